The van der Waals surface area contributed by atoms with Gasteiger partial charge in [0.1, 0.15) is 22.9 Å². The molecule has 28 heteroatoms. The smallest absolute Gasteiger partial charge is 0.393 e. The summed E-state index contributed by atoms with van der Waals surface area (Å²) in [6, 6.07) is 17.6. The molecule has 488 valence electrons. The number of benzene rings is 3. The molecule has 7 aromatic rings. The van der Waals surface area contributed by atoms with Gasteiger partial charge in [0.2, 0.25) is 17.8 Å². The molecule has 0 spiro atoms. The van der Waals surface area contributed by atoms with Crippen LogP contribution in [0.3, 0.4) is 0 Å². The van der Waals surface area contributed by atoms with Gasteiger partial charge in [0.25, 0.3) is 11.8 Å². The van der Waals surface area contributed by atoms with Gasteiger partial charge >= 0.3 is 13.1 Å². The number of alkyl halides is 3. The largest absolute Gasteiger partial charge is 0.737 e. The number of anilines is 10. The number of piperidine rings is 2. The van der Waals surface area contributed by atoms with Gasteiger partial charge in [0.05, 0.1) is 58.4 Å². The van der Waals surface area contributed by atoms with Crippen LogP contribution < -0.4 is 30.2 Å². The van der Waals surface area contributed by atoms with E-state index >= 15 is 13.0 Å². The molecule has 21 nitrogen and oxygen atoms in total. The Balaban J connectivity index is 0.568. The van der Waals surface area contributed by atoms with Gasteiger partial charge in [0, 0.05) is 135 Å². The lowest BCUT2D eigenvalue weighted by Gasteiger charge is -2.43. The number of aryl methyl sites for hydroxylation is 1. The maximum atomic E-state index is 17.4. The first kappa shape index (κ1) is 62.1. The van der Waals surface area contributed by atoms with Crippen molar-refractivity contribution in [1.29, 1.82) is 0 Å². The number of allylic oxidation sites excluding steroid dienone is 2. The molecule has 3 saturated heterocycles. The highest BCUT2D eigenvalue weighted by atomic mass is 19.4. The molecule has 11 heterocycles. The first-order valence-electron chi connectivity index (χ1n) is 31.7. The summed E-state index contributed by atoms with van der Waals surface area (Å²) in [4.78, 5) is 73.2. The van der Waals surface area contributed by atoms with Crippen LogP contribution in [0.25, 0.3) is 6.08 Å². The topological polar surface area (TPSA) is 179 Å². The molecule has 7 aliphatic heterocycles. The quantitative estimate of drug-likeness (QED) is 0.0823. The number of hydrogen-bond acceptors (Lipinski definition) is 15. The lowest BCUT2D eigenvalue weighted by molar-refractivity contribution is -0.362. The summed E-state index contributed by atoms with van der Waals surface area (Å²) in [5, 5.41) is 10.9. The van der Waals surface area contributed by atoms with E-state index in [2.05, 4.69) is 35.4 Å². The van der Waals surface area contributed by atoms with Gasteiger partial charge in [-0.1, -0.05) is 24.3 Å². The summed E-state index contributed by atoms with van der Waals surface area (Å²) < 4.78 is 98.5. The number of rotatable bonds is 13. The van der Waals surface area contributed by atoms with Crippen molar-refractivity contribution in [2.45, 2.75) is 82.7 Å². The van der Waals surface area contributed by atoms with E-state index in [4.69, 9.17) is 10.1 Å². The normalized spacial score (nSPS) is 20.1. The second-order valence-corrected chi connectivity index (χ2v) is 25.5. The Hall–Kier alpha value is -9.41. The van der Waals surface area contributed by atoms with Gasteiger partial charge in [-0.25, -0.2) is 14.4 Å². The van der Waals surface area contributed by atoms with Crippen molar-refractivity contribution in [3.8, 4) is 0 Å². The maximum absolute atomic E-state index is 17.4. The van der Waals surface area contributed by atoms with E-state index in [-0.39, 0.29) is 83.6 Å². The molecule has 2 atom stereocenters. The maximum Gasteiger partial charge on any atom is 0.737 e. The molecular formula is C66H71BF6N18O3. The zero-order valence-electron chi connectivity index (χ0n) is 53.0. The van der Waals surface area contributed by atoms with Crippen molar-refractivity contribution in [2.75, 3.05) is 111 Å². The molecule has 0 radical (unpaired) electrons. The molecule has 0 saturated carbocycles. The van der Waals surface area contributed by atoms with Crippen LogP contribution >= 0.6 is 0 Å². The van der Waals surface area contributed by atoms with E-state index in [0.29, 0.717) is 109 Å². The molecule has 4 aromatic heterocycles. The van der Waals surface area contributed by atoms with Crippen molar-refractivity contribution < 1.29 is 45.1 Å². The van der Waals surface area contributed by atoms with E-state index in [9.17, 15) is 27.6 Å². The Morgan fingerprint density at radius 3 is 2.12 bits per heavy atom. The van der Waals surface area contributed by atoms with Crippen molar-refractivity contribution in [2.24, 2.45) is 0 Å². The highest BCUT2D eigenvalue weighted by Crippen LogP contribution is 2.43. The van der Waals surface area contributed by atoms with Crippen LogP contribution in [0, 0.1) is 12.7 Å². The highest BCUT2D eigenvalue weighted by molar-refractivity contribution is 6.58. The molecular weight excluding hydrogens is 1220 g/mol. The lowest BCUT2D eigenvalue weighted by Crippen LogP contribution is -2.54. The van der Waals surface area contributed by atoms with E-state index in [1.54, 1.807) is 55.7 Å². The standard InChI is InChI=1S/C66H71BF6N18O3/c1-40-30-49(33-48-32-46(20-23-81(48)2)89-39-43(35-76-89)78-65-75-36-56-60(79-65)82(3)54-13-8-7-10-50(54)62(93)83(56)4)91-55(40)34-47-17-16-45(90(47)67(91,72)73)18-19-58(92)88-28-26-87(27-29-88)44-21-24-86(25-22-44)38-41-14-15-42(31-52(41)66(69,70)71)77-64-74-37-57-61(80-64)85(6)59-51(63(94)84(57)5)11-9-12-53(59)68/h7-17,30-31,34-37,39,44,46,48H,18-29,32-33,38H2,1-6H3,(H,74,77,80)(H,75,78,79). The van der Waals surface area contributed by atoms with Gasteiger partial charge in [-0.2, -0.15) is 28.2 Å². The second kappa shape index (κ2) is 24.2. The van der Waals surface area contributed by atoms with E-state index in [1.165, 1.54) is 51.8 Å². The molecule has 3 amide bonds. The fraction of sp³-hybridized carbons (Fsp3) is 0.379. The minimum Gasteiger partial charge on any atom is -0.393 e. The summed E-state index contributed by atoms with van der Waals surface area (Å²) in [5.41, 5.74) is 4.98. The summed E-state index contributed by atoms with van der Waals surface area (Å²) >= 11 is 0. The van der Waals surface area contributed by atoms with Gasteiger partial charge in [0.15, 0.2) is 17.3 Å². The molecule has 3 aromatic carbocycles. The third kappa shape index (κ3) is 11.3. The Morgan fingerprint density at radius 2 is 1.39 bits per heavy atom. The van der Waals surface area contributed by atoms with Crippen LogP contribution in [-0.4, -0.2) is 182 Å². The predicted molar refractivity (Wildman–Crippen MR) is 348 cm³/mol. The highest BCUT2D eigenvalue weighted by Gasteiger charge is 2.53. The molecule has 2 N–H and O–H groups in total. The predicted octanol–water partition coefficient (Wildman–Crippen LogP) is 10.0. The number of likely N-dealkylation sites (N-methyl/N-ethyl adjacent to an activating group) is 1. The third-order valence-corrected chi connectivity index (χ3v) is 19.9. The SMILES string of the molecule is Cc1cc(CC2CC(n3cc(Nc4ncc5c(n4)N(C)c4ccccc4C(=O)N5C)cn3)CCN2C)n2c1C=C1C=CC(CCC(=O)N3CCN(C4CCN(Cc5ccc(Nc6ncc7c(n6)N(C)c6c(F)cccc6C(=O)N7C)cc5C(F)(F)F)CC4)CC3)=[N+]1[B-]2(F)F. The third-order valence-electron chi connectivity index (χ3n) is 19.9. The number of nitrogens with zero attached hydrogens (tertiary/aromatic N) is 16. The molecule has 2 unspecified atom stereocenters. The number of fused-ring (bicyclic) bond motifs is 6. The van der Waals surface area contributed by atoms with Gasteiger partial charge in [-0.05, 0) is 112 Å². The number of piperazine rings is 1. The summed E-state index contributed by atoms with van der Waals surface area (Å²) in [5.74, 6) is -0.309. The van der Waals surface area contributed by atoms with Crippen LogP contribution in [0.1, 0.15) is 93.4 Å². The van der Waals surface area contributed by atoms with Crippen molar-refractivity contribution in [3.05, 3.63) is 154 Å². The van der Waals surface area contributed by atoms with Crippen LogP contribution in [0.15, 0.2) is 109 Å². The van der Waals surface area contributed by atoms with Crippen molar-refractivity contribution >= 4 is 94.1 Å². The van der Waals surface area contributed by atoms with Gasteiger partial charge < -0.3 is 57.6 Å². The number of halogens is 6. The average molecular weight is 1290 g/mol. The fourth-order valence-electron chi connectivity index (χ4n) is 14.7. The van der Waals surface area contributed by atoms with Crippen molar-refractivity contribution in [3.63, 3.8) is 0 Å². The van der Waals surface area contributed by atoms with Crippen LogP contribution in [0.2, 0.25) is 0 Å². The van der Waals surface area contributed by atoms with E-state index < -0.39 is 30.4 Å². The summed E-state index contributed by atoms with van der Waals surface area (Å²) in [6.45, 7) is 1.73. The van der Waals surface area contributed by atoms with Crippen molar-refractivity contribution in [1.82, 2.24) is 53.8 Å². The van der Waals surface area contributed by atoms with E-state index in [1.807, 2.05) is 76.9 Å². The fourth-order valence-corrected chi connectivity index (χ4v) is 14.7. The van der Waals surface area contributed by atoms with Crippen LogP contribution in [0.4, 0.5) is 83.8 Å². The number of likely N-dealkylation sites (tertiary alicyclic amines) is 2. The average Bonchev–Trinajstić information content (AvgIpc) is 1.56. The zero-order chi connectivity index (χ0) is 65.6. The monoisotopic (exact) mass is 1290 g/mol. The Labute approximate surface area is 539 Å². The molecule has 3 fully saturated rings. The number of amides is 3. The van der Waals surface area contributed by atoms with Gasteiger partial charge in [-0.15, -0.1) is 0 Å². The summed E-state index contributed by atoms with van der Waals surface area (Å²) in [6.07, 6.45) is 10.8. The number of nitrogens with one attached hydrogen (secondary N) is 2. The minimum absolute atomic E-state index is 0.00681. The number of carbonyl (C=O) groups is 3. The second-order valence-electron chi connectivity index (χ2n) is 25.5. The number of carbonyl (C=O) groups excluding carboxylic acids is 3. The first-order chi connectivity index (χ1) is 45.1. The molecule has 7 aliphatic rings. The molecule has 94 heavy (non-hydrogen) atoms. The zero-order valence-corrected chi connectivity index (χ0v) is 53.0. The van der Waals surface area contributed by atoms with Gasteiger partial charge in [-0.3, -0.25) is 28.9 Å². The molecule has 14 rings (SSSR count). The lowest BCUT2D eigenvalue weighted by atomic mass is 9.88. The number of aromatic nitrogens is 7. The molecule has 0 aliphatic carbocycles. The minimum atomic E-state index is -4.67. The molecule has 0 bridgehead atoms. The Morgan fingerprint density at radius 1 is 0.723 bits per heavy atom. The first-order valence-corrected chi connectivity index (χ1v) is 31.7. The summed E-state index contributed by atoms with van der Waals surface area (Å²) in [7, 11) is 8.68. The Kier molecular flexibility index (Phi) is 16.0. The number of para-hydroxylation sites is 2. The van der Waals surface area contributed by atoms with Crippen LogP contribution in [-0.2, 0) is 23.9 Å². The van der Waals surface area contributed by atoms with Crippen LogP contribution in [0.5, 0.6) is 0 Å². The van der Waals surface area contributed by atoms with E-state index in [0.717, 1.165) is 47.6 Å². The Bertz CT molecular complexity index is 4290. The number of hydrogen-bond donors (Lipinski definition) is 2.